The Morgan fingerprint density at radius 3 is 2.67 bits per heavy atom. The summed E-state index contributed by atoms with van der Waals surface area (Å²) in [5.41, 5.74) is 7.16. The Bertz CT molecular complexity index is 540. The van der Waals surface area contributed by atoms with Crippen molar-refractivity contribution in [1.82, 2.24) is 0 Å². The predicted molar refractivity (Wildman–Crippen MR) is 63.9 cm³/mol. The van der Waals surface area contributed by atoms with E-state index in [1.165, 1.54) is 11.3 Å². The Kier molecular flexibility index (Phi) is 2.63. The third kappa shape index (κ3) is 1.96. The van der Waals surface area contributed by atoms with Crippen LogP contribution >= 0.6 is 22.9 Å². The smallest absolute Gasteiger partial charge is 0.110 e. The zero-order chi connectivity index (χ0) is 10.8. The van der Waals surface area contributed by atoms with Crippen LogP contribution in [-0.4, -0.2) is 0 Å². The van der Waals surface area contributed by atoms with Gasteiger partial charge in [0, 0.05) is 16.1 Å². The highest BCUT2D eigenvalue weighted by Gasteiger charge is 2.06. The molecule has 0 aliphatic rings. The zero-order valence-electron chi connectivity index (χ0n) is 7.70. The lowest BCUT2D eigenvalue weighted by molar-refractivity contribution is 1.52. The third-order valence-corrected chi connectivity index (χ3v) is 3.31. The molecule has 2 rings (SSSR count). The van der Waals surface area contributed by atoms with Gasteiger partial charge in [0.15, 0.2) is 0 Å². The number of nitriles is 1. The molecule has 0 radical (unpaired) electrons. The number of benzene rings is 1. The van der Waals surface area contributed by atoms with E-state index >= 15 is 0 Å². The topological polar surface area (TPSA) is 49.8 Å². The summed E-state index contributed by atoms with van der Waals surface area (Å²) in [5, 5.41) is 9.33. The molecule has 0 spiro atoms. The summed E-state index contributed by atoms with van der Waals surface area (Å²) in [6.07, 6.45) is 0. The minimum atomic E-state index is 0.612. The molecule has 2 nitrogen and oxygen atoms in total. The maximum atomic E-state index is 8.72. The fourth-order valence-electron chi connectivity index (χ4n) is 1.27. The molecule has 0 fully saturated rings. The minimum absolute atomic E-state index is 0.612. The highest BCUT2D eigenvalue weighted by atomic mass is 35.5. The molecule has 0 amide bonds. The SMILES string of the molecule is N#Cc1ccc(-c2ccc(N)cc2Cl)s1. The van der Waals surface area contributed by atoms with E-state index in [0.29, 0.717) is 15.6 Å². The largest absolute Gasteiger partial charge is 0.399 e. The number of nitrogen functional groups attached to an aromatic ring is 1. The first kappa shape index (κ1) is 10.0. The summed E-state index contributed by atoms with van der Waals surface area (Å²) in [5.74, 6) is 0. The maximum Gasteiger partial charge on any atom is 0.110 e. The molecule has 0 aliphatic carbocycles. The normalized spacial score (nSPS) is 9.87. The average molecular weight is 235 g/mol. The van der Waals surface area contributed by atoms with Crippen molar-refractivity contribution >= 4 is 28.6 Å². The van der Waals surface area contributed by atoms with Gasteiger partial charge in [-0.1, -0.05) is 17.7 Å². The Labute approximate surface area is 96.5 Å². The molecule has 0 saturated carbocycles. The fourth-order valence-corrected chi connectivity index (χ4v) is 2.46. The molecular formula is C11H7ClN2S. The van der Waals surface area contributed by atoms with Crippen molar-refractivity contribution in [2.45, 2.75) is 0 Å². The molecule has 0 unspecified atom stereocenters. The number of nitrogens with two attached hydrogens (primary N) is 1. The van der Waals surface area contributed by atoms with Gasteiger partial charge >= 0.3 is 0 Å². The minimum Gasteiger partial charge on any atom is -0.399 e. The lowest BCUT2D eigenvalue weighted by Gasteiger charge is -2.01. The van der Waals surface area contributed by atoms with Crippen LogP contribution in [0.3, 0.4) is 0 Å². The van der Waals surface area contributed by atoms with Gasteiger partial charge in [-0.3, -0.25) is 0 Å². The molecular weight excluding hydrogens is 228 g/mol. The van der Waals surface area contributed by atoms with Gasteiger partial charge in [-0.05, 0) is 24.3 Å². The first-order chi connectivity index (χ1) is 7.20. The molecule has 4 heteroatoms. The van der Waals surface area contributed by atoms with Crippen molar-refractivity contribution in [2.24, 2.45) is 0 Å². The summed E-state index contributed by atoms with van der Waals surface area (Å²) < 4.78 is 0. The standard InChI is InChI=1S/C11H7ClN2S/c12-10-5-7(14)1-3-9(10)11-4-2-8(6-13)15-11/h1-5H,14H2. The third-order valence-electron chi connectivity index (χ3n) is 1.97. The van der Waals surface area contributed by atoms with Crippen molar-refractivity contribution in [2.75, 3.05) is 5.73 Å². The summed E-state index contributed by atoms with van der Waals surface area (Å²) in [6.45, 7) is 0. The summed E-state index contributed by atoms with van der Waals surface area (Å²) in [4.78, 5) is 1.66. The molecule has 1 heterocycles. The molecule has 0 aliphatic heterocycles. The van der Waals surface area contributed by atoms with Gasteiger partial charge in [-0.25, -0.2) is 0 Å². The van der Waals surface area contributed by atoms with Gasteiger partial charge < -0.3 is 5.73 Å². The number of anilines is 1. The van der Waals surface area contributed by atoms with E-state index in [2.05, 4.69) is 6.07 Å². The van der Waals surface area contributed by atoms with Gasteiger partial charge in [0.25, 0.3) is 0 Å². The molecule has 2 aromatic rings. The lowest BCUT2D eigenvalue weighted by Crippen LogP contribution is -1.84. The Morgan fingerprint density at radius 1 is 1.27 bits per heavy atom. The van der Waals surface area contributed by atoms with Crippen molar-refractivity contribution in [3.05, 3.63) is 40.2 Å². The van der Waals surface area contributed by atoms with Crippen LogP contribution in [0, 0.1) is 11.3 Å². The molecule has 0 saturated heterocycles. The average Bonchev–Trinajstić information content (AvgIpc) is 2.66. The van der Waals surface area contributed by atoms with Gasteiger partial charge in [-0.2, -0.15) is 5.26 Å². The molecule has 74 valence electrons. The van der Waals surface area contributed by atoms with E-state index in [4.69, 9.17) is 22.6 Å². The van der Waals surface area contributed by atoms with Crippen LogP contribution in [0.25, 0.3) is 10.4 Å². The molecule has 0 bridgehead atoms. The second-order valence-electron chi connectivity index (χ2n) is 3.01. The van der Waals surface area contributed by atoms with Crippen molar-refractivity contribution in [3.63, 3.8) is 0 Å². The number of nitrogens with zero attached hydrogens (tertiary/aromatic N) is 1. The van der Waals surface area contributed by atoms with Gasteiger partial charge in [0.2, 0.25) is 0 Å². The van der Waals surface area contributed by atoms with Crippen LogP contribution in [0.1, 0.15) is 4.88 Å². The lowest BCUT2D eigenvalue weighted by atomic mass is 10.2. The van der Waals surface area contributed by atoms with Crippen LogP contribution in [0.5, 0.6) is 0 Å². The zero-order valence-corrected chi connectivity index (χ0v) is 9.27. The van der Waals surface area contributed by atoms with Crippen LogP contribution in [-0.2, 0) is 0 Å². The number of rotatable bonds is 1. The predicted octanol–water partition coefficient (Wildman–Crippen LogP) is 3.52. The molecule has 2 N–H and O–H groups in total. The van der Waals surface area contributed by atoms with Crippen LogP contribution in [0.4, 0.5) is 5.69 Å². The molecule has 0 atom stereocenters. The van der Waals surface area contributed by atoms with Crippen molar-refractivity contribution in [3.8, 4) is 16.5 Å². The Morgan fingerprint density at radius 2 is 2.07 bits per heavy atom. The number of hydrogen-bond donors (Lipinski definition) is 1. The maximum absolute atomic E-state index is 8.72. The van der Waals surface area contributed by atoms with Crippen molar-refractivity contribution < 1.29 is 0 Å². The number of hydrogen-bond acceptors (Lipinski definition) is 3. The Balaban J connectivity index is 2.50. The van der Waals surface area contributed by atoms with Crippen LogP contribution < -0.4 is 5.73 Å². The highest BCUT2D eigenvalue weighted by Crippen LogP contribution is 2.34. The first-order valence-electron chi connectivity index (χ1n) is 4.26. The van der Waals surface area contributed by atoms with Crippen LogP contribution in [0.15, 0.2) is 30.3 Å². The van der Waals surface area contributed by atoms with E-state index in [1.807, 2.05) is 12.1 Å². The highest BCUT2D eigenvalue weighted by molar-refractivity contribution is 7.16. The van der Waals surface area contributed by atoms with Crippen LogP contribution in [0.2, 0.25) is 5.02 Å². The van der Waals surface area contributed by atoms with Crippen molar-refractivity contribution in [1.29, 1.82) is 5.26 Å². The number of thiophene rings is 1. The summed E-state index contributed by atoms with van der Waals surface area (Å²) in [7, 11) is 0. The monoisotopic (exact) mass is 234 g/mol. The second-order valence-corrected chi connectivity index (χ2v) is 4.51. The molecule has 15 heavy (non-hydrogen) atoms. The van der Waals surface area contributed by atoms with E-state index in [1.54, 1.807) is 18.2 Å². The quantitative estimate of drug-likeness (QED) is 0.768. The van der Waals surface area contributed by atoms with E-state index in [-0.39, 0.29) is 0 Å². The first-order valence-corrected chi connectivity index (χ1v) is 5.45. The molecule has 1 aromatic carbocycles. The van der Waals surface area contributed by atoms with E-state index < -0.39 is 0 Å². The number of halogens is 1. The fraction of sp³-hybridized carbons (Fsp3) is 0. The summed E-state index contributed by atoms with van der Waals surface area (Å²) >= 11 is 7.48. The summed E-state index contributed by atoms with van der Waals surface area (Å²) in [6, 6.07) is 11.1. The van der Waals surface area contributed by atoms with Gasteiger partial charge in [0.1, 0.15) is 10.9 Å². The molecule has 1 aromatic heterocycles. The van der Waals surface area contributed by atoms with E-state index in [9.17, 15) is 0 Å². The Hall–Kier alpha value is -1.50. The van der Waals surface area contributed by atoms with Gasteiger partial charge in [-0.15, -0.1) is 11.3 Å². The van der Waals surface area contributed by atoms with Gasteiger partial charge in [0.05, 0.1) is 5.02 Å². The second kappa shape index (κ2) is 3.93. The van der Waals surface area contributed by atoms with E-state index in [0.717, 1.165) is 10.4 Å².